The number of sulfone groups is 1. The van der Waals surface area contributed by atoms with E-state index in [0.717, 1.165) is 35.2 Å². The third-order valence-corrected chi connectivity index (χ3v) is 8.67. The maximum absolute atomic E-state index is 14.4. The molecule has 4 aromatic heterocycles. The molecule has 1 fully saturated rings. The van der Waals surface area contributed by atoms with Gasteiger partial charge in [0, 0.05) is 56.2 Å². The smallest absolute Gasteiger partial charge is 0.166 e. The van der Waals surface area contributed by atoms with E-state index in [1.165, 1.54) is 6.07 Å². The van der Waals surface area contributed by atoms with Crippen LogP contribution in [0.15, 0.2) is 43.0 Å². The molecule has 0 saturated carbocycles. The molecule has 1 saturated heterocycles. The van der Waals surface area contributed by atoms with Gasteiger partial charge in [-0.05, 0) is 50.1 Å². The van der Waals surface area contributed by atoms with Gasteiger partial charge in [-0.1, -0.05) is 0 Å². The van der Waals surface area contributed by atoms with Crippen LogP contribution in [0.2, 0.25) is 0 Å². The van der Waals surface area contributed by atoms with Gasteiger partial charge in [0.2, 0.25) is 0 Å². The van der Waals surface area contributed by atoms with Gasteiger partial charge in [0.05, 0.1) is 29.1 Å². The highest BCUT2D eigenvalue weighted by Crippen LogP contribution is 2.29. The van der Waals surface area contributed by atoms with Crippen LogP contribution in [0.4, 0.5) is 10.2 Å². The molecule has 0 bridgehead atoms. The highest BCUT2D eigenvalue weighted by atomic mass is 32.2. The Hall–Kier alpha value is -3.31. The van der Waals surface area contributed by atoms with Crippen LogP contribution in [-0.2, 0) is 23.3 Å². The molecule has 5 rings (SSSR count). The number of hydrogen-bond acceptors (Lipinski definition) is 7. The van der Waals surface area contributed by atoms with Gasteiger partial charge < -0.3 is 10.2 Å². The summed E-state index contributed by atoms with van der Waals surface area (Å²) in [7, 11) is 2.68. The van der Waals surface area contributed by atoms with Gasteiger partial charge in [-0.25, -0.2) is 22.8 Å². The number of aromatic nitrogens is 5. The molecule has 1 N–H and O–H groups in total. The van der Waals surface area contributed by atoms with E-state index in [4.69, 9.17) is 4.98 Å². The Morgan fingerprint density at radius 2 is 1.97 bits per heavy atom. The van der Waals surface area contributed by atoms with Crippen molar-refractivity contribution in [3.05, 3.63) is 54.4 Å². The second-order valence-corrected chi connectivity index (χ2v) is 11.7. The topological polar surface area (TPSA) is 97.9 Å². The Morgan fingerprint density at radius 3 is 2.64 bits per heavy atom. The first-order chi connectivity index (χ1) is 17.2. The number of rotatable bonds is 7. The van der Waals surface area contributed by atoms with Crippen molar-refractivity contribution in [3.63, 3.8) is 0 Å². The van der Waals surface area contributed by atoms with Crippen LogP contribution in [0, 0.1) is 5.82 Å². The Labute approximate surface area is 209 Å². The van der Waals surface area contributed by atoms with Crippen molar-refractivity contribution in [2.45, 2.75) is 25.3 Å². The summed E-state index contributed by atoms with van der Waals surface area (Å²) in [6.07, 6.45) is 9.55. The number of likely N-dealkylation sites (N-methyl/N-ethyl adjacent to an activating group) is 1. The molecule has 11 heteroatoms. The lowest BCUT2D eigenvalue weighted by atomic mass is 10.1. The molecule has 5 heterocycles. The summed E-state index contributed by atoms with van der Waals surface area (Å²) in [5.74, 6) is 0.291. The zero-order chi connectivity index (χ0) is 25.4. The second kappa shape index (κ2) is 9.62. The summed E-state index contributed by atoms with van der Waals surface area (Å²) in [5, 5.41) is 8.06. The number of anilines is 1. The van der Waals surface area contributed by atoms with Crippen molar-refractivity contribution < 1.29 is 12.8 Å². The summed E-state index contributed by atoms with van der Waals surface area (Å²) in [4.78, 5) is 11.3. The zero-order valence-corrected chi connectivity index (χ0v) is 21.5. The standard InChI is InChI=1S/C25H30FN7O2S/c1-27-24-22(26)12-18(13-28-24)23-5-4-21-17(6-9-31(2)19-7-10-36(34,35)11-8-19)15-33(25(21)30-23)20-14-29-32(3)16-20/h4-5,12-16,19H,6-11H2,1-3H3,(H,27,28). The normalized spacial score (nSPS) is 16.1. The second-order valence-electron chi connectivity index (χ2n) is 9.38. The van der Waals surface area contributed by atoms with Gasteiger partial charge in [-0.2, -0.15) is 5.10 Å². The van der Waals surface area contributed by atoms with Crippen molar-refractivity contribution in [2.75, 3.05) is 37.5 Å². The highest BCUT2D eigenvalue weighted by Gasteiger charge is 2.26. The zero-order valence-electron chi connectivity index (χ0n) is 20.6. The van der Waals surface area contributed by atoms with Crippen LogP contribution >= 0.6 is 0 Å². The van der Waals surface area contributed by atoms with Gasteiger partial charge in [0.1, 0.15) is 15.5 Å². The first kappa shape index (κ1) is 24.4. The third kappa shape index (κ3) is 4.85. The van der Waals surface area contributed by atoms with E-state index in [1.54, 1.807) is 24.1 Å². The molecule has 0 aliphatic carbocycles. The highest BCUT2D eigenvalue weighted by molar-refractivity contribution is 7.91. The van der Waals surface area contributed by atoms with Crippen LogP contribution in [0.1, 0.15) is 18.4 Å². The lowest BCUT2D eigenvalue weighted by Gasteiger charge is -2.31. The molecule has 0 spiro atoms. The number of fused-ring (bicyclic) bond motifs is 1. The molecule has 0 amide bonds. The lowest BCUT2D eigenvalue weighted by Crippen LogP contribution is -2.39. The van der Waals surface area contributed by atoms with Gasteiger partial charge in [0.25, 0.3) is 0 Å². The van der Waals surface area contributed by atoms with E-state index in [-0.39, 0.29) is 23.4 Å². The van der Waals surface area contributed by atoms with E-state index in [1.807, 2.05) is 29.9 Å². The summed E-state index contributed by atoms with van der Waals surface area (Å²) < 4.78 is 41.7. The fourth-order valence-electron chi connectivity index (χ4n) is 4.82. The third-order valence-electron chi connectivity index (χ3n) is 6.96. The molecular formula is C25H30FN7O2S. The van der Waals surface area contributed by atoms with Crippen LogP contribution in [0.5, 0.6) is 0 Å². The van der Waals surface area contributed by atoms with Crippen molar-refractivity contribution in [1.82, 2.24) is 29.2 Å². The lowest BCUT2D eigenvalue weighted by molar-refractivity contribution is 0.229. The molecule has 9 nitrogen and oxygen atoms in total. The van der Waals surface area contributed by atoms with E-state index in [9.17, 15) is 12.8 Å². The quantitative estimate of drug-likeness (QED) is 0.407. The minimum atomic E-state index is -2.88. The van der Waals surface area contributed by atoms with Gasteiger partial charge in [-0.15, -0.1) is 0 Å². The fourth-order valence-corrected chi connectivity index (χ4v) is 6.28. The first-order valence-corrected chi connectivity index (χ1v) is 13.8. The Kier molecular flexibility index (Phi) is 6.52. The number of pyridine rings is 2. The van der Waals surface area contributed by atoms with Crippen molar-refractivity contribution >= 4 is 26.7 Å². The number of nitrogens with zero attached hydrogens (tertiary/aromatic N) is 6. The number of aryl methyl sites for hydroxylation is 1. The molecule has 1 aliphatic heterocycles. The molecule has 0 aromatic carbocycles. The Morgan fingerprint density at radius 1 is 1.19 bits per heavy atom. The SMILES string of the molecule is CNc1ncc(-c2ccc3c(CCN(C)C4CCS(=O)(=O)CC4)cn(-c4cnn(C)c4)c3n2)cc1F. The summed E-state index contributed by atoms with van der Waals surface area (Å²) in [6.45, 7) is 0.805. The van der Waals surface area contributed by atoms with Crippen molar-refractivity contribution in [1.29, 1.82) is 0 Å². The molecule has 0 radical (unpaired) electrons. The Balaban J connectivity index is 1.46. The summed E-state index contributed by atoms with van der Waals surface area (Å²) in [5.41, 5.74) is 4.02. The van der Waals surface area contributed by atoms with Crippen molar-refractivity contribution in [2.24, 2.45) is 7.05 Å². The van der Waals surface area contributed by atoms with E-state index in [0.29, 0.717) is 24.1 Å². The maximum Gasteiger partial charge on any atom is 0.166 e. The van der Waals surface area contributed by atoms with Crippen LogP contribution in [0.3, 0.4) is 0 Å². The number of halogens is 1. The fraction of sp³-hybridized carbons (Fsp3) is 0.400. The van der Waals surface area contributed by atoms with Gasteiger partial charge in [0.15, 0.2) is 11.6 Å². The molecule has 36 heavy (non-hydrogen) atoms. The average Bonchev–Trinajstić information content (AvgIpc) is 3.45. The predicted octanol–water partition coefficient (Wildman–Crippen LogP) is 3.05. The Bertz CT molecular complexity index is 1500. The monoisotopic (exact) mass is 511 g/mol. The molecular weight excluding hydrogens is 481 g/mol. The molecule has 1 aliphatic rings. The van der Waals surface area contributed by atoms with Crippen LogP contribution < -0.4 is 5.32 Å². The largest absolute Gasteiger partial charge is 0.371 e. The van der Waals surface area contributed by atoms with Gasteiger partial charge >= 0.3 is 0 Å². The average molecular weight is 512 g/mol. The molecule has 0 atom stereocenters. The number of hydrogen-bond donors (Lipinski definition) is 1. The minimum absolute atomic E-state index is 0.195. The minimum Gasteiger partial charge on any atom is -0.371 e. The van der Waals surface area contributed by atoms with Crippen molar-refractivity contribution in [3.8, 4) is 16.9 Å². The van der Waals surface area contributed by atoms with E-state index in [2.05, 4.69) is 33.5 Å². The van der Waals surface area contributed by atoms with Crippen LogP contribution in [0.25, 0.3) is 28.0 Å². The first-order valence-electron chi connectivity index (χ1n) is 12.0. The summed E-state index contributed by atoms with van der Waals surface area (Å²) >= 11 is 0. The molecule has 190 valence electrons. The molecule has 4 aromatic rings. The molecule has 0 unspecified atom stereocenters. The summed E-state index contributed by atoms with van der Waals surface area (Å²) in [6, 6.07) is 5.62. The van der Waals surface area contributed by atoms with E-state index < -0.39 is 15.7 Å². The predicted molar refractivity (Wildman–Crippen MR) is 139 cm³/mol. The van der Waals surface area contributed by atoms with E-state index >= 15 is 0 Å². The van der Waals surface area contributed by atoms with Gasteiger partial charge in [-0.3, -0.25) is 9.25 Å². The van der Waals surface area contributed by atoms with Crippen LogP contribution in [-0.4, -0.2) is 75.8 Å². The maximum atomic E-state index is 14.4. The number of nitrogens with one attached hydrogen (secondary N) is 1.